The zero-order valence-electron chi connectivity index (χ0n) is 11.9. The lowest BCUT2D eigenvalue weighted by atomic mass is 10.1. The van der Waals surface area contributed by atoms with Gasteiger partial charge >= 0.3 is 7.82 Å². The van der Waals surface area contributed by atoms with Gasteiger partial charge in [-0.1, -0.05) is 0 Å². The first kappa shape index (κ1) is 17.0. The first-order valence-electron chi connectivity index (χ1n) is 6.59. The predicted octanol–water partition coefficient (Wildman–Crippen LogP) is -2.32. The van der Waals surface area contributed by atoms with Crippen LogP contribution < -0.4 is 5.49 Å². The lowest BCUT2D eigenvalue weighted by molar-refractivity contribution is -0.0504. The largest absolute Gasteiger partial charge is 0.469 e. The number of imidazole rings is 1. The summed E-state index contributed by atoms with van der Waals surface area (Å²) in [5, 5.41) is 37.1. The van der Waals surface area contributed by atoms with Gasteiger partial charge in [-0.3, -0.25) is 14.5 Å². The van der Waals surface area contributed by atoms with Gasteiger partial charge in [0.15, 0.2) is 22.9 Å². The van der Waals surface area contributed by atoms with Crippen molar-refractivity contribution in [3.63, 3.8) is 0 Å². The molecule has 3 heterocycles. The van der Waals surface area contributed by atoms with Gasteiger partial charge in [-0.15, -0.1) is 0 Å². The standard InChI is InChI=1S/C10H14N5O8P/c11-8-5-9(13-3-15(8)18)14(2-12-5)10-7(17)6(16)4(23-10)1-22-24(19,20)21/h2-4,6-7,10-11,16-18H,1H2,(H2,19,20,21). The number of hydrogen-bond donors (Lipinski definition) is 6. The van der Waals surface area contributed by atoms with Crippen LogP contribution in [0.25, 0.3) is 11.2 Å². The number of nitrogens with one attached hydrogen (secondary N) is 1. The number of phosphoric ester groups is 1. The van der Waals surface area contributed by atoms with Crippen molar-refractivity contribution in [1.29, 1.82) is 5.41 Å². The van der Waals surface area contributed by atoms with Crippen molar-refractivity contribution in [2.45, 2.75) is 24.5 Å². The Hall–Kier alpha value is -1.86. The molecule has 1 fully saturated rings. The molecule has 132 valence electrons. The molecule has 1 saturated heterocycles. The second-order valence-corrected chi connectivity index (χ2v) is 6.33. The highest BCUT2D eigenvalue weighted by molar-refractivity contribution is 7.46. The Bertz CT molecular complexity index is 861. The van der Waals surface area contributed by atoms with E-state index in [-0.39, 0.29) is 16.7 Å². The molecule has 6 N–H and O–H groups in total. The quantitative estimate of drug-likeness (QED) is 0.253. The summed E-state index contributed by atoms with van der Waals surface area (Å²) < 4.78 is 22.1. The zero-order chi connectivity index (χ0) is 17.6. The van der Waals surface area contributed by atoms with Crippen molar-refractivity contribution in [3.05, 3.63) is 18.1 Å². The van der Waals surface area contributed by atoms with Crippen LogP contribution >= 0.6 is 7.82 Å². The van der Waals surface area contributed by atoms with E-state index in [1.165, 1.54) is 10.9 Å². The van der Waals surface area contributed by atoms with E-state index in [0.717, 1.165) is 6.33 Å². The van der Waals surface area contributed by atoms with Crippen molar-refractivity contribution >= 4 is 19.0 Å². The first-order chi connectivity index (χ1) is 11.2. The normalized spacial score (nSPS) is 27.8. The molecule has 4 atom stereocenters. The maximum atomic E-state index is 10.7. The van der Waals surface area contributed by atoms with Crippen molar-refractivity contribution < 1.29 is 39.0 Å². The van der Waals surface area contributed by atoms with E-state index < -0.39 is 39.0 Å². The molecule has 4 unspecified atom stereocenters. The highest BCUT2D eigenvalue weighted by Crippen LogP contribution is 2.38. The maximum absolute atomic E-state index is 10.7. The van der Waals surface area contributed by atoms with Crippen LogP contribution in [0.5, 0.6) is 0 Å². The van der Waals surface area contributed by atoms with E-state index in [2.05, 4.69) is 14.5 Å². The second-order valence-electron chi connectivity index (χ2n) is 5.09. The number of hydrogen-bond acceptors (Lipinski definition) is 9. The van der Waals surface area contributed by atoms with Gasteiger partial charge in [-0.25, -0.2) is 14.5 Å². The molecule has 0 saturated carbocycles. The fourth-order valence-corrected chi connectivity index (χ4v) is 2.72. The number of aliphatic hydroxyl groups excluding tert-OH is 2. The van der Waals surface area contributed by atoms with Crippen LogP contribution in [0.4, 0.5) is 0 Å². The molecular formula is C10H14N5O8P. The van der Waals surface area contributed by atoms with Crippen LogP contribution in [0, 0.1) is 5.41 Å². The van der Waals surface area contributed by atoms with Gasteiger partial charge in [0.1, 0.15) is 24.6 Å². The third-order valence-electron chi connectivity index (χ3n) is 3.53. The topological polar surface area (TPSA) is 196 Å². The fraction of sp³-hybridized carbons (Fsp3) is 0.500. The molecular weight excluding hydrogens is 349 g/mol. The Morgan fingerprint density at radius 1 is 1.29 bits per heavy atom. The molecule has 13 nitrogen and oxygen atoms in total. The minimum Gasteiger partial charge on any atom is -0.425 e. The molecule has 0 bridgehead atoms. The summed E-state index contributed by atoms with van der Waals surface area (Å²) in [6.45, 7) is -0.639. The Kier molecular flexibility index (Phi) is 4.17. The summed E-state index contributed by atoms with van der Waals surface area (Å²) in [4.78, 5) is 25.2. The van der Waals surface area contributed by atoms with Crippen LogP contribution in [0.2, 0.25) is 0 Å². The minimum absolute atomic E-state index is 0.0280. The molecule has 2 aromatic heterocycles. The SMILES string of the molecule is N=c1c2ncn(C3OC(COP(=O)(O)O)C(O)C3O)c2ncn1O. The van der Waals surface area contributed by atoms with Crippen molar-refractivity contribution in [3.8, 4) is 0 Å². The van der Waals surface area contributed by atoms with Crippen molar-refractivity contribution in [2.24, 2.45) is 0 Å². The first-order valence-corrected chi connectivity index (χ1v) is 8.12. The van der Waals surface area contributed by atoms with E-state index in [1.54, 1.807) is 0 Å². The summed E-state index contributed by atoms with van der Waals surface area (Å²) in [6, 6.07) is 0. The van der Waals surface area contributed by atoms with Crippen LogP contribution in [-0.4, -0.2) is 69.4 Å². The molecule has 1 aliphatic rings. The number of nitrogens with zero attached hydrogens (tertiary/aromatic N) is 4. The van der Waals surface area contributed by atoms with Crippen molar-refractivity contribution in [1.82, 2.24) is 19.3 Å². The number of phosphoric acid groups is 1. The Labute approximate surface area is 133 Å². The minimum atomic E-state index is -4.76. The number of aliphatic hydroxyl groups is 2. The molecule has 1 aliphatic heterocycles. The van der Waals surface area contributed by atoms with Gasteiger partial charge in [-0.2, -0.15) is 4.73 Å². The molecule has 0 spiro atoms. The third kappa shape index (κ3) is 2.93. The lowest BCUT2D eigenvalue weighted by Gasteiger charge is -2.16. The zero-order valence-corrected chi connectivity index (χ0v) is 12.8. The fourth-order valence-electron chi connectivity index (χ4n) is 2.38. The third-order valence-corrected chi connectivity index (χ3v) is 4.01. The van der Waals surface area contributed by atoms with E-state index >= 15 is 0 Å². The lowest BCUT2D eigenvalue weighted by Crippen LogP contribution is -2.33. The molecule has 0 amide bonds. The molecule has 2 aromatic rings. The highest BCUT2D eigenvalue weighted by atomic mass is 31.2. The van der Waals surface area contributed by atoms with Crippen LogP contribution in [-0.2, 0) is 13.8 Å². The Morgan fingerprint density at radius 3 is 2.67 bits per heavy atom. The van der Waals surface area contributed by atoms with Gasteiger partial charge in [0.2, 0.25) is 0 Å². The summed E-state index contributed by atoms with van der Waals surface area (Å²) in [5.41, 5.74) is -0.202. The molecule has 0 radical (unpaired) electrons. The van der Waals surface area contributed by atoms with E-state index in [9.17, 15) is 20.0 Å². The summed E-state index contributed by atoms with van der Waals surface area (Å²) in [7, 11) is -4.76. The van der Waals surface area contributed by atoms with Crippen LogP contribution in [0.1, 0.15) is 6.23 Å². The summed E-state index contributed by atoms with van der Waals surface area (Å²) >= 11 is 0. The van der Waals surface area contributed by atoms with E-state index in [4.69, 9.17) is 19.9 Å². The smallest absolute Gasteiger partial charge is 0.425 e. The van der Waals surface area contributed by atoms with Gasteiger partial charge in [0, 0.05) is 0 Å². The summed E-state index contributed by atoms with van der Waals surface area (Å²) in [6.07, 6.45) is -3.14. The monoisotopic (exact) mass is 363 g/mol. The average Bonchev–Trinajstić information content (AvgIpc) is 3.04. The van der Waals surface area contributed by atoms with Crippen LogP contribution in [0.3, 0.4) is 0 Å². The second kappa shape index (κ2) is 5.89. The average molecular weight is 363 g/mol. The van der Waals surface area contributed by atoms with E-state index in [0.29, 0.717) is 4.73 Å². The predicted molar refractivity (Wildman–Crippen MR) is 72.5 cm³/mol. The van der Waals surface area contributed by atoms with Gasteiger partial charge < -0.3 is 29.9 Å². The summed E-state index contributed by atoms with van der Waals surface area (Å²) in [5.74, 6) is 0. The molecule has 14 heteroatoms. The number of ether oxygens (including phenoxy) is 1. The van der Waals surface area contributed by atoms with Gasteiger partial charge in [-0.05, 0) is 0 Å². The molecule has 3 rings (SSSR count). The number of aromatic nitrogens is 4. The van der Waals surface area contributed by atoms with Gasteiger partial charge in [0.25, 0.3) is 0 Å². The number of rotatable bonds is 4. The Balaban J connectivity index is 1.89. The van der Waals surface area contributed by atoms with E-state index in [1.807, 2.05) is 0 Å². The van der Waals surface area contributed by atoms with Crippen LogP contribution in [0.15, 0.2) is 12.7 Å². The molecule has 24 heavy (non-hydrogen) atoms. The molecule has 0 aromatic carbocycles. The highest BCUT2D eigenvalue weighted by Gasteiger charge is 2.45. The Morgan fingerprint density at radius 2 is 2.00 bits per heavy atom. The van der Waals surface area contributed by atoms with Crippen molar-refractivity contribution in [2.75, 3.05) is 6.61 Å². The maximum Gasteiger partial charge on any atom is 0.469 e. The molecule has 0 aliphatic carbocycles. The van der Waals surface area contributed by atoms with Gasteiger partial charge in [0.05, 0.1) is 12.9 Å². The number of fused-ring (bicyclic) bond motifs is 1.